The van der Waals surface area contributed by atoms with E-state index >= 15 is 0 Å². The van der Waals surface area contributed by atoms with Crippen LogP contribution in [0.2, 0.25) is 0 Å². The highest BCUT2D eigenvalue weighted by Crippen LogP contribution is 2.17. The predicted octanol–water partition coefficient (Wildman–Crippen LogP) is -0.693. The van der Waals surface area contributed by atoms with Crippen LogP contribution in [-0.2, 0) is 10.2 Å². The van der Waals surface area contributed by atoms with Crippen molar-refractivity contribution in [1.82, 2.24) is 9.03 Å². The largest absolute Gasteiger partial charge is 0.402 e. The fraction of sp³-hybridized carbons (Fsp3) is 1.00. The highest BCUT2D eigenvalue weighted by molar-refractivity contribution is 7.87. The molecule has 0 spiro atoms. The van der Waals surface area contributed by atoms with Gasteiger partial charge in [-0.1, -0.05) is 0 Å². The molecule has 0 aromatic rings. The summed E-state index contributed by atoms with van der Waals surface area (Å²) in [6.45, 7) is -2.88. The van der Waals surface area contributed by atoms with Crippen molar-refractivity contribution in [2.45, 2.75) is 6.18 Å². The second-order valence-corrected chi connectivity index (χ2v) is 4.26. The van der Waals surface area contributed by atoms with Crippen molar-refractivity contribution in [2.24, 2.45) is 0 Å². The molecule has 0 aromatic carbocycles. The smallest absolute Gasteiger partial charge is 0.395 e. The number of aliphatic hydroxyl groups is 1. The molecule has 86 valence electrons. The zero-order valence-corrected chi connectivity index (χ0v) is 8.19. The standard InChI is InChI=1S/C5H11F3N2O3S/c1-9-14(12,13)10(2-3-11)4-5(6,7)8/h9,11H,2-4H2,1H3. The summed E-state index contributed by atoms with van der Waals surface area (Å²) < 4.78 is 59.4. The van der Waals surface area contributed by atoms with Crippen LogP contribution in [0.15, 0.2) is 0 Å². The lowest BCUT2D eigenvalue weighted by molar-refractivity contribution is -0.136. The molecular formula is C5H11F3N2O3S. The van der Waals surface area contributed by atoms with Gasteiger partial charge in [0.1, 0.15) is 6.54 Å². The van der Waals surface area contributed by atoms with Crippen molar-refractivity contribution in [2.75, 3.05) is 26.7 Å². The quantitative estimate of drug-likeness (QED) is 0.663. The normalized spacial score (nSPS) is 13.6. The van der Waals surface area contributed by atoms with Gasteiger partial charge < -0.3 is 5.11 Å². The number of nitrogens with one attached hydrogen (secondary N) is 1. The number of nitrogens with zero attached hydrogens (tertiary/aromatic N) is 1. The average Bonchev–Trinajstić information content (AvgIpc) is 2.01. The Labute approximate surface area is 79.7 Å². The SMILES string of the molecule is CNS(=O)(=O)N(CCO)CC(F)(F)F. The summed E-state index contributed by atoms with van der Waals surface area (Å²) in [7, 11) is -3.16. The molecule has 0 saturated heterocycles. The first-order chi connectivity index (χ1) is 6.23. The highest BCUT2D eigenvalue weighted by atomic mass is 32.2. The lowest BCUT2D eigenvalue weighted by Gasteiger charge is -2.21. The second-order valence-electron chi connectivity index (χ2n) is 2.38. The lowest BCUT2D eigenvalue weighted by atomic mass is 10.6. The van der Waals surface area contributed by atoms with Gasteiger partial charge in [-0.2, -0.15) is 25.9 Å². The van der Waals surface area contributed by atoms with Crippen molar-refractivity contribution in [3.05, 3.63) is 0 Å². The van der Waals surface area contributed by atoms with Gasteiger partial charge in [0.2, 0.25) is 0 Å². The maximum absolute atomic E-state index is 11.9. The molecule has 0 saturated carbocycles. The summed E-state index contributed by atoms with van der Waals surface area (Å²) >= 11 is 0. The van der Waals surface area contributed by atoms with Crippen LogP contribution in [0.25, 0.3) is 0 Å². The Morgan fingerprint density at radius 1 is 1.43 bits per heavy atom. The number of hydrogen-bond donors (Lipinski definition) is 2. The lowest BCUT2D eigenvalue weighted by Crippen LogP contribution is -2.45. The number of halogens is 3. The first kappa shape index (κ1) is 13.6. The van der Waals surface area contributed by atoms with E-state index in [9.17, 15) is 21.6 Å². The number of rotatable bonds is 5. The minimum Gasteiger partial charge on any atom is -0.395 e. The average molecular weight is 236 g/mol. The minimum absolute atomic E-state index is 0.118. The predicted molar refractivity (Wildman–Crippen MR) is 42.7 cm³/mol. The summed E-state index contributed by atoms with van der Waals surface area (Å²) in [5.74, 6) is 0. The van der Waals surface area contributed by atoms with Crippen LogP contribution in [0.5, 0.6) is 0 Å². The Hall–Kier alpha value is -0.380. The Bertz CT molecular complexity index is 264. The van der Waals surface area contributed by atoms with Gasteiger partial charge in [-0.05, 0) is 0 Å². The molecule has 0 aliphatic carbocycles. The highest BCUT2D eigenvalue weighted by Gasteiger charge is 2.35. The zero-order valence-electron chi connectivity index (χ0n) is 7.37. The zero-order chi connectivity index (χ0) is 11.4. The van der Waals surface area contributed by atoms with Gasteiger partial charge in [-0.15, -0.1) is 0 Å². The third-order valence-corrected chi connectivity index (χ3v) is 2.81. The van der Waals surface area contributed by atoms with Gasteiger partial charge in [-0.3, -0.25) is 0 Å². The second kappa shape index (κ2) is 4.91. The molecular weight excluding hydrogens is 225 g/mol. The number of aliphatic hydroxyl groups excluding tert-OH is 1. The fourth-order valence-corrected chi connectivity index (χ4v) is 1.62. The molecule has 0 aliphatic heterocycles. The van der Waals surface area contributed by atoms with Gasteiger partial charge in [0.05, 0.1) is 6.61 Å². The van der Waals surface area contributed by atoms with E-state index in [1.165, 1.54) is 0 Å². The van der Waals surface area contributed by atoms with Crippen molar-refractivity contribution < 1.29 is 26.7 Å². The number of hydrogen-bond acceptors (Lipinski definition) is 3. The van der Waals surface area contributed by atoms with Crippen LogP contribution >= 0.6 is 0 Å². The molecule has 5 nitrogen and oxygen atoms in total. The monoisotopic (exact) mass is 236 g/mol. The summed E-state index contributed by atoms with van der Waals surface area (Å²) in [4.78, 5) is 0. The van der Waals surface area contributed by atoms with E-state index in [1.807, 2.05) is 0 Å². The maximum Gasteiger partial charge on any atom is 0.402 e. The van der Waals surface area contributed by atoms with Crippen molar-refractivity contribution in [3.63, 3.8) is 0 Å². The molecule has 0 fully saturated rings. The Morgan fingerprint density at radius 2 is 1.93 bits per heavy atom. The Kier molecular flexibility index (Phi) is 4.78. The van der Waals surface area contributed by atoms with Gasteiger partial charge in [-0.25, -0.2) is 4.72 Å². The molecule has 0 bridgehead atoms. The Balaban J connectivity index is 4.62. The van der Waals surface area contributed by atoms with E-state index in [-0.39, 0.29) is 4.31 Å². The molecule has 0 atom stereocenters. The van der Waals surface area contributed by atoms with E-state index in [2.05, 4.69) is 0 Å². The minimum atomic E-state index is -4.63. The molecule has 0 heterocycles. The van der Waals surface area contributed by atoms with Crippen LogP contribution in [0.1, 0.15) is 0 Å². The first-order valence-electron chi connectivity index (χ1n) is 3.59. The molecule has 2 N–H and O–H groups in total. The van der Waals surface area contributed by atoms with Gasteiger partial charge in [0, 0.05) is 13.6 Å². The van der Waals surface area contributed by atoms with Crippen molar-refractivity contribution >= 4 is 10.2 Å². The van der Waals surface area contributed by atoms with Gasteiger partial charge in [0.15, 0.2) is 0 Å². The number of alkyl halides is 3. The molecule has 0 aromatic heterocycles. The van der Waals surface area contributed by atoms with Gasteiger partial charge in [0.25, 0.3) is 10.2 Å². The van der Waals surface area contributed by atoms with E-state index in [0.717, 1.165) is 7.05 Å². The molecule has 14 heavy (non-hydrogen) atoms. The van der Waals surface area contributed by atoms with Crippen LogP contribution in [0, 0.1) is 0 Å². The van der Waals surface area contributed by atoms with E-state index in [4.69, 9.17) is 5.11 Å². The molecule has 0 unspecified atom stereocenters. The Morgan fingerprint density at radius 3 is 2.21 bits per heavy atom. The summed E-state index contributed by atoms with van der Waals surface area (Å²) in [5, 5.41) is 8.39. The summed E-state index contributed by atoms with van der Waals surface area (Å²) in [6.07, 6.45) is -4.63. The molecule has 0 amide bonds. The van der Waals surface area contributed by atoms with Crippen molar-refractivity contribution in [1.29, 1.82) is 0 Å². The summed E-state index contributed by atoms with van der Waals surface area (Å²) in [5.41, 5.74) is 0. The van der Waals surface area contributed by atoms with Gasteiger partial charge >= 0.3 is 6.18 Å². The van der Waals surface area contributed by atoms with Crippen LogP contribution in [0.4, 0.5) is 13.2 Å². The summed E-state index contributed by atoms with van der Waals surface area (Å²) in [6, 6.07) is 0. The topological polar surface area (TPSA) is 69.6 Å². The third-order valence-electron chi connectivity index (χ3n) is 1.30. The van der Waals surface area contributed by atoms with Crippen LogP contribution in [0.3, 0.4) is 0 Å². The van der Waals surface area contributed by atoms with E-state index < -0.39 is 36.1 Å². The molecule has 9 heteroatoms. The molecule has 0 rings (SSSR count). The van der Waals surface area contributed by atoms with E-state index in [1.54, 1.807) is 4.72 Å². The first-order valence-corrected chi connectivity index (χ1v) is 5.03. The maximum atomic E-state index is 11.9. The molecule has 0 aliphatic rings. The van der Waals surface area contributed by atoms with E-state index in [0.29, 0.717) is 0 Å². The fourth-order valence-electron chi connectivity index (χ4n) is 0.725. The van der Waals surface area contributed by atoms with Crippen LogP contribution in [-0.4, -0.2) is 50.7 Å². The van der Waals surface area contributed by atoms with Crippen molar-refractivity contribution in [3.8, 4) is 0 Å². The molecule has 0 radical (unpaired) electrons. The third kappa shape index (κ3) is 4.74. The van der Waals surface area contributed by atoms with Crippen LogP contribution < -0.4 is 4.72 Å².